The Morgan fingerprint density at radius 1 is 1.62 bits per heavy atom. The van der Waals surface area contributed by atoms with E-state index in [1.54, 1.807) is 7.05 Å². The fourth-order valence-electron chi connectivity index (χ4n) is 2.43. The van der Waals surface area contributed by atoms with Crippen molar-refractivity contribution >= 4 is 5.91 Å². The van der Waals surface area contributed by atoms with E-state index in [0.717, 1.165) is 18.9 Å². The van der Waals surface area contributed by atoms with E-state index >= 15 is 0 Å². The van der Waals surface area contributed by atoms with Gasteiger partial charge < -0.3 is 16.0 Å². The molecule has 2 unspecified atom stereocenters. The molecule has 1 aliphatic heterocycles. The van der Waals surface area contributed by atoms with Gasteiger partial charge in [0.05, 0.1) is 6.04 Å². The van der Waals surface area contributed by atoms with Gasteiger partial charge in [0.1, 0.15) is 0 Å². The van der Waals surface area contributed by atoms with E-state index in [1.807, 2.05) is 0 Å². The Morgan fingerprint density at radius 2 is 2.38 bits per heavy atom. The molecule has 4 nitrogen and oxygen atoms in total. The topological polar surface area (TPSA) is 58.4 Å². The predicted octanol–water partition coefficient (Wildman–Crippen LogP) is 0.572. The van der Waals surface area contributed by atoms with Crippen molar-refractivity contribution in [1.82, 2.24) is 10.2 Å². The number of nitrogens with zero attached hydrogens (tertiary/aromatic N) is 1. The molecule has 1 amide bonds. The SMILES string of the molecule is CCC1CCCN(CCC(NC)C(N)=O)C1. The monoisotopic (exact) mass is 227 g/mol. The number of likely N-dealkylation sites (tertiary alicyclic amines) is 1. The third-order valence-corrected chi connectivity index (χ3v) is 3.61. The average Bonchev–Trinajstić information content (AvgIpc) is 2.29. The molecular weight excluding hydrogens is 202 g/mol. The number of primary amides is 1. The minimum atomic E-state index is -0.244. The van der Waals surface area contributed by atoms with Gasteiger partial charge in [0.2, 0.25) is 5.91 Å². The summed E-state index contributed by atoms with van der Waals surface area (Å²) in [5.41, 5.74) is 5.30. The molecule has 1 saturated heterocycles. The molecule has 0 aliphatic carbocycles. The molecular formula is C12H25N3O. The Bertz CT molecular complexity index is 220. The van der Waals surface area contributed by atoms with Gasteiger partial charge in [-0.05, 0) is 38.8 Å². The first-order chi connectivity index (χ1) is 7.67. The molecule has 16 heavy (non-hydrogen) atoms. The Morgan fingerprint density at radius 3 is 2.94 bits per heavy atom. The molecule has 1 rings (SSSR count). The molecule has 0 spiro atoms. The molecule has 0 aromatic heterocycles. The lowest BCUT2D eigenvalue weighted by atomic mass is 9.95. The molecule has 0 radical (unpaired) electrons. The highest BCUT2D eigenvalue weighted by atomic mass is 16.1. The number of amides is 1. The minimum absolute atomic E-state index is 0.179. The molecule has 0 saturated carbocycles. The van der Waals surface area contributed by atoms with E-state index in [1.165, 1.54) is 32.4 Å². The zero-order valence-electron chi connectivity index (χ0n) is 10.5. The summed E-state index contributed by atoms with van der Waals surface area (Å²) in [5, 5.41) is 2.97. The summed E-state index contributed by atoms with van der Waals surface area (Å²) < 4.78 is 0. The largest absolute Gasteiger partial charge is 0.368 e. The molecule has 4 heteroatoms. The van der Waals surface area contributed by atoms with Gasteiger partial charge >= 0.3 is 0 Å². The number of carbonyl (C=O) groups excluding carboxylic acids is 1. The third-order valence-electron chi connectivity index (χ3n) is 3.61. The second-order valence-corrected chi connectivity index (χ2v) is 4.75. The van der Waals surface area contributed by atoms with Gasteiger partial charge in [0.15, 0.2) is 0 Å². The van der Waals surface area contributed by atoms with E-state index in [9.17, 15) is 4.79 Å². The van der Waals surface area contributed by atoms with Crippen LogP contribution in [0.3, 0.4) is 0 Å². The third kappa shape index (κ3) is 4.10. The maximum absolute atomic E-state index is 11.1. The molecule has 1 heterocycles. The standard InChI is InChI=1S/C12H25N3O/c1-3-10-5-4-7-15(9-10)8-6-11(14-2)12(13)16/h10-11,14H,3-9H2,1-2H3,(H2,13,16). The van der Waals surface area contributed by atoms with Crippen molar-refractivity contribution in [2.24, 2.45) is 11.7 Å². The van der Waals surface area contributed by atoms with E-state index in [4.69, 9.17) is 5.73 Å². The number of piperidine rings is 1. The number of nitrogens with one attached hydrogen (secondary N) is 1. The van der Waals surface area contributed by atoms with Crippen LogP contribution in [0.4, 0.5) is 0 Å². The van der Waals surface area contributed by atoms with Crippen LogP contribution >= 0.6 is 0 Å². The molecule has 3 N–H and O–H groups in total. The molecule has 0 aromatic carbocycles. The first kappa shape index (κ1) is 13.5. The second-order valence-electron chi connectivity index (χ2n) is 4.75. The fourth-order valence-corrected chi connectivity index (χ4v) is 2.43. The first-order valence-electron chi connectivity index (χ1n) is 6.36. The summed E-state index contributed by atoms with van der Waals surface area (Å²) in [4.78, 5) is 13.5. The zero-order valence-corrected chi connectivity index (χ0v) is 10.5. The number of nitrogens with two attached hydrogens (primary N) is 1. The summed E-state index contributed by atoms with van der Waals surface area (Å²) in [6.07, 6.45) is 4.74. The van der Waals surface area contributed by atoms with Crippen LogP contribution < -0.4 is 11.1 Å². The fraction of sp³-hybridized carbons (Fsp3) is 0.917. The molecule has 94 valence electrons. The molecule has 1 aliphatic rings. The smallest absolute Gasteiger partial charge is 0.234 e. The summed E-state index contributed by atoms with van der Waals surface area (Å²) in [6, 6.07) is -0.179. The van der Waals surface area contributed by atoms with Gasteiger partial charge in [0, 0.05) is 13.1 Å². The van der Waals surface area contributed by atoms with Crippen LogP contribution in [0.15, 0.2) is 0 Å². The van der Waals surface area contributed by atoms with E-state index in [2.05, 4.69) is 17.1 Å². The maximum atomic E-state index is 11.1. The van der Waals surface area contributed by atoms with Crippen LogP contribution in [0, 0.1) is 5.92 Å². The van der Waals surface area contributed by atoms with Crippen LogP contribution in [0.1, 0.15) is 32.6 Å². The van der Waals surface area contributed by atoms with Crippen LogP contribution in [-0.2, 0) is 4.79 Å². The van der Waals surface area contributed by atoms with Gasteiger partial charge in [-0.2, -0.15) is 0 Å². The number of carbonyl (C=O) groups is 1. The highest BCUT2D eigenvalue weighted by Gasteiger charge is 2.20. The van der Waals surface area contributed by atoms with Crippen molar-refractivity contribution in [3.8, 4) is 0 Å². The Labute approximate surface area is 98.6 Å². The molecule has 0 aromatic rings. The van der Waals surface area contributed by atoms with E-state index in [-0.39, 0.29) is 11.9 Å². The van der Waals surface area contributed by atoms with Gasteiger partial charge in [-0.25, -0.2) is 0 Å². The Kier molecular flexibility index (Phi) is 5.77. The Hall–Kier alpha value is -0.610. The lowest BCUT2D eigenvalue weighted by Crippen LogP contribution is -2.43. The van der Waals surface area contributed by atoms with Crippen LogP contribution in [-0.4, -0.2) is 43.5 Å². The normalized spacial score (nSPS) is 24.2. The van der Waals surface area contributed by atoms with Crippen molar-refractivity contribution in [3.63, 3.8) is 0 Å². The van der Waals surface area contributed by atoms with Crippen LogP contribution in [0.2, 0.25) is 0 Å². The summed E-state index contributed by atoms with van der Waals surface area (Å²) in [6.45, 7) is 5.59. The van der Waals surface area contributed by atoms with Crippen molar-refractivity contribution in [1.29, 1.82) is 0 Å². The minimum Gasteiger partial charge on any atom is -0.368 e. The number of rotatable bonds is 6. The van der Waals surface area contributed by atoms with Crippen LogP contribution in [0.5, 0.6) is 0 Å². The maximum Gasteiger partial charge on any atom is 0.234 e. The Balaban J connectivity index is 2.28. The summed E-state index contributed by atoms with van der Waals surface area (Å²) in [7, 11) is 1.79. The van der Waals surface area contributed by atoms with Crippen LogP contribution in [0.25, 0.3) is 0 Å². The number of hydrogen-bond acceptors (Lipinski definition) is 3. The van der Waals surface area contributed by atoms with E-state index in [0.29, 0.717) is 0 Å². The first-order valence-corrected chi connectivity index (χ1v) is 6.36. The average molecular weight is 227 g/mol. The lowest BCUT2D eigenvalue weighted by Gasteiger charge is -2.32. The molecule has 1 fully saturated rings. The van der Waals surface area contributed by atoms with Crippen molar-refractivity contribution in [3.05, 3.63) is 0 Å². The number of hydrogen-bond donors (Lipinski definition) is 2. The molecule has 2 atom stereocenters. The van der Waals surface area contributed by atoms with Gasteiger partial charge in [-0.1, -0.05) is 13.3 Å². The van der Waals surface area contributed by atoms with Gasteiger partial charge in [0.25, 0.3) is 0 Å². The van der Waals surface area contributed by atoms with Gasteiger partial charge in [-0.3, -0.25) is 4.79 Å². The molecule has 0 bridgehead atoms. The number of likely N-dealkylation sites (N-methyl/N-ethyl adjacent to an activating group) is 1. The zero-order chi connectivity index (χ0) is 12.0. The lowest BCUT2D eigenvalue weighted by molar-refractivity contribution is -0.120. The second kappa shape index (κ2) is 6.86. The van der Waals surface area contributed by atoms with Crippen molar-refractivity contribution in [2.75, 3.05) is 26.7 Å². The van der Waals surface area contributed by atoms with Crippen molar-refractivity contribution < 1.29 is 4.79 Å². The highest BCUT2D eigenvalue weighted by Crippen LogP contribution is 2.19. The quantitative estimate of drug-likeness (QED) is 0.697. The predicted molar refractivity (Wildman–Crippen MR) is 66.1 cm³/mol. The van der Waals surface area contributed by atoms with Gasteiger partial charge in [-0.15, -0.1) is 0 Å². The summed E-state index contributed by atoms with van der Waals surface area (Å²) >= 11 is 0. The summed E-state index contributed by atoms with van der Waals surface area (Å²) in [5.74, 6) is 0.599. The van der Waals surface area contributed by atoms with Crippen molar-refractivity contribution in [2.45, 2.75) is 38.6 Å². The highest BCUT2D eigenvalue weighted by molar-refractivity contribution is 5.79. The van der Waals surface area contributed by atoms with E-state index < -0.39 is 0 Å².